The Bertz CT molecular complexity index is 796. The number of nitrogens with one attached hydrogen (secondary N) is 2. The van der Waals surface area contributed by atoms with E-state index in [-0.39, 0.29) is 17.9 Å². The number of carbonyl (C=O) groups is 2. The maximum absolute atomic E-state index is 12.3. The molecule has 2 fully saturated rings. The van der Waals surface area contributed by atoms with Gasteiger partial charge in [0.1, 0.15) is 6.04 Å². The summed E-state index contributed by atoms with van der Waals surface area (Å²) in [6.07, 6.45) is 0. The Kier molecular flexibility index (Phi) is 3.84. The van der Waals surface area contributed by atoms with Gasteiger partial charge in [0.15, 0.2) is 0 Å². The normalized spacial score (nSPS) is 26.5. The van der Waals surface area contributed by atoms with E-state index in [2.05, 4.69) is 10.7 Å². The van der Waals surface area contributed by atoms with Gasteiger partial charge in [0, 0.05) is 11.6 Å². The summed E-state index contributed by atoms with van der Waals surface area (Å²) < 4.78 is 0. The molecule has 5 nitrogen and oxygen atoms in total. The van der Waals surface area contributed by atoms with E-state index in [0.29, 0.717) is 11.6 Å². The molecule has 3 unspecified atom stereocenters. The molecule has 2 aromatic carbocycles. The van der Waals surface area contributed by atoms with Crippen LogP contribution in [-0.2, 0) is 16.1 Å². The van der Waals surface area contributed by atoms with Crippen LogP contribution in [0.25, 0.3) is 0 Å². The number of halogens is 1. The number of hydrogen-bond acceptors (Lipinski definition) is 4. The molecule has 0 spiro atoms. The fraction of sp³-hybridized carbons (Fsp3) is 0.222. The molecule has 0 radical (unpaired) electrons. The topological polar surface area (TPSA) is 61.4 Å². The maximum Gasteiger partial charge on any atom is 0.246 e. The lowest BCUT2D eigenvalue weighted by Crippen LogP contribution is -2.43. The largest absolute Gasteiger partial charge is 0.295 e. The van der Waals surface area contributed by atoms with Gasteiger partial charge in [-0.15, -0.1) is 0 Å². The minimum atomic E-state index is -0.529. The van der Waals surface area contributed by atoms with Crippen molar-refractivity contribution in [3.05, 3.63) is 70.7 Å². The summed E-state index contributed by atoms with van der Waals surface area (Å²) in [7, 11) is 0. The van der Waals surface area contributed by atoms with Gasteiger partial charge in [-0.2, -0.15) is 0 Å². The van der Waals surface area contributed by atoms with E-state index in [4.69, 9.17) is 11.6 Å². The second kappa shape index (κ2) is 6.02. The van der Waals surface area contributed by atoms with Crippen LogP contribution in [0.4, 0.5) is 0 Å². The lowest BCUT2D eigenvalue weighted by Gasteiger charge is -2.22. The summed E-state index contributed by atoms with van der Waals surface area (Å²) in [5, 5.41) is 4.88. The van der Waals surface area contributed by atoms with E-state index in [0.717, 1.165) is 11.1 Å². The Morgan fingerprint density at radius 1 is 0.958 bits per heavy atom. The molecule has 2 aromatic rings. The first-order valence-electron chi connectivity index (χ1n) is 7.81. The van der Waals surface area contributed by atoms with Crippen molar-refractivity contribution in [3.8, 4) is 0 Å². The Hall–Kier alpha value is -2.21. The highest BCUT2D eigenvalue weighted by molar-refractivity contribution is 6.31. The average molecular weight is 342 g/mol. The molecular weight excluding hydrogens is 326 g/mol. The van der Waals surface area contributed by atoms with Crippen molar-refractivity contribution >= 4 is 23.4 Å². The predicted octanol–water partition coefficient (Wildman–Crippen LogP) is 2.04. The number of fused-ring (bicyclic) bond motifs is 1. The van der Waals surface area contributed by atoms with Gasteiger partial charge in [0.05, 0.1) is 12.0 Å². The number of benzene rings is 2. The molecule has 2 saturated heterocycles. The average Bonchev–Trinajstić information content (AvgIpc) is 3.09. The number of imide groups is 1. The Labute approximate surface area is 144 Å². The van der Waals surface area contributed by atoms with Crippen LogP contribution in [0.15, 0.2) is 54.6 Å². The smallest absolute Gasteiger partial charge is 0.246 e. The SMILES string of the molecule is O=C1NC(=O)C2C1C(c1ccccc1Cl)NN2Cc1ccccc1. The number of rotatable bonds is 3. The van der Waals surface area contributed by atoms with E-state index >= 15 is 0 Å². The minimum Gasteiger partial charge on any atom is -0.295 e. The van der Waals surface area contributed by atoms with Crippen molar-refractivity contribution in [2.24, 2.45) is 5.92 Å². The Morgan fingerprint density at radius 2 is 1.67 bits per heavy atom. The third-order valence-electron chi connectivity index (χ3n) is 4.59. The molecule has 122 valence electrons. The first-order chi connectivity index (χ1) is 11.6. The summed E-state index contributed by atoms with van der Waals surface area (Å²) in [6.45, 7) is 0.531. The summed E-state index contributed by atoms with van der Waals surface area (Å²) in [5.41, 5.74) is 5.22. The molecule has 2 amide bonds. The van der Waals surface area contributed by atoms with E-state index in [1.54, 1.807) is 6.07 Å². The van der Waals surface area contributed by atoms with E-state index in [9.17, 15) is 9.59 Å². The fourth-order valence-corrected chi connectivity index (χ4v) is 3.76. The van der Waals surface area contributed by atoms with Crippen LogP contribution >= 0.6 is 11.6 Å². The second-order valence-corrected chi connectivity index (χ2v) is 6.47. The van der Waals surface area contributed by atoms with Crippen molar-refractivity contribution in [2.75, 3.05) is 0 Å². The number of amides is 2. The van der Waals surface area contributed by atoms with Gasteiger partial charge >= 0.3 is 0 Å². The molecule has 0 aromatic heterocycles. The standard InChI is InChI=1S/C18H16ClN3O2/c19-13-9-5-4-8-12(13)15-14-16(18(24)20-17(14)23)22(21-15)10-11-6-2-1-3-7-11/h1-9,14-16,21H,10H2,(H,20,23,24). The highest BCUT2D eigenvalue weighted by Crippen LogP contribution is 2.39. The third kappa shape index (κ3) is 2.51. The predicted molar refractivity (Wildman–Crippen MR) is 89.7 cm³/mol. The first kappa shape index (κ1) is 15.3. The highest BCUT2D eigenvalue weighted by Gasteiger charge is 2.55. The monoisotopic (exact) mass is 341 g/mol. The number of hydrazine groups is 1. The Morgan fingerprint density at radius 3 is 2.42 bits per heavy atom. The van der Waals surface area contributed by atoms with Crippen LogP contribution in [0.2, 0.25) is 5.02 Å². The summed E-state index contributed by atoms with van der Waals surface area (Å²) in [4.78, 5) is 24.6. The zero-order chi connectivity index (χ0) is 16.7. The van der Waals surface area contributed by atoms with Crippen molar-refractivity contribution in [2.45, 2.75) is 18.6 Å². The van der Waals surface area contributed by atoms with Crippen LogP contribution < -0.4 is 10.7 Å². The Balaban J connectivity index is 1.69. The molecule has 24 heavy (non-hydrogen) atoms. The third-order valence-corrected chi connectivity index (χ3v) is 4.94. The molecule has 2 aliphatic heterocycles. The van der Waals surface area contributed by atoms with Crippen LogP contribution in [0.1, 0.15) is 17.2 Å². The lowest BCUT2D eigenvalue weighted by atomic mass is 9.91. The molecule has 6 heteroatoms. The molecule has 0 aliphatic carbocycles. The fourth-order valence-electron chi connectivity index (χ4n) is 3.51. The summed E-state index contributed by atoms with van der Waals surface area (Å²) in [6, 6.07) is 16.4. The van der Waals surface area contributed by atoms with Crippen molar-refractivity contribution < 1.29 is 9.59 Å². The van der Waals surface area contributed by atoms with Gasteiger partial charge in [0.25, 0.3) is 0 Å². The van der Waals surface area contributed by atoms with Gasteiger partial charge in [0.2, 0.25) is 11.8 Å². The van der Waals surface area contributed by atoms with Crippen LogP contribution in [-0.4, -0.2) is 22.9 Å². The molecular formula is C18H16ClN3O2. The van der Waals surface area contributed by atoms with Gasteiger partial charge in [-0.1, -0.05) is 60.1 Å². The van der Waals surface area contributed by atoms with Gasteiger partial charge in [-0.25, -0.2) is 10.4 Å². The van der Waals surface area contributed by atoms with Crippen LogP contribution in [0, 0.1) is 5.92 Å². The zero-order valence-electron chi connectivity index (χ0n) is 12.8. The van der Waals surface area contributed by atoms with E-state index < -0.39 is 12.0 Å². The second-order valence-electron chi connectivity index (χ2n) is 6.07. The van der Waals surface area contributed by atoms with Crippen molar-refractivity contribution in [3.63, 3.8) is 0 Å². The molecule has 0 saturated carbocycles. The molecule has 2 heterocycles. The van der Waals surface area contributed by atoms with Crippen LogP contribution in [0.5, 0.6) is 0 Å². The highest BCUT2D eigenvalue weighted by atomic mass is 35.5. The molecule has 4 rings (SSSR count). The summed E-state index contributed by atoms with van der Waals surface area (Å²) >= 11 is 6.31. The molecule has 3 atom stereocenters. The first-order valence-corrected chi connectivity index (χ1v) is 8.19. The minimum absolute atomic E-state index is 0.252. The van der Waals surface area contributed by atoms with Gasteiger partial charge in [-0.05, 0) is 17.2 Å². The molecule has 2 aliphatic rings. The molecule has 0 bridgehead atoms. The number of nitrogens with zero attached hydrogens (tertiary/aromatic N) is 1. The van der Waals surface area contributed by atoms with Crippen molar-refractivity contribution in [1.29, 1.82) is 0 Å². The summed E-state index contributed by atoms with van der Waals surface area (Å²) in [5.74, 6) is -0.998. The van der Waals surface area contributed by atoms with E-state index in [1.807, 2.05) is 53.5 Å². The zero-order valence-corrected chi connectivity index (χ0v) is 13.5. The van der Waals surface area contributed by atoms with Crippen LogP contribution in [0.3, 0.4) is 0 Å². The van der Waals surface area contributed by atoms with Gasteiger partial charge < -0.3 is 0 Å². The van der Waals surface area contributed by atoms with Gasteiger partial charge in [-0.3, -0.25) is 14.9 Å². The quantitative estimate of drug-likeness (QED) is 0.839. The lowest BCUT2D eigenvalue weighted by molar-refractivity contribution is -0.127. The van der Waals surface area contributed by atoms with E-state index in [1.165, 1.54) is 0 Å². The number of carbonyl (C=O) groups excluding carboxylic acids is 2. The van der Waals surface area contributed by atoms with Crippen molar-refractivity contribution in [1.82, 2.24) is 15.8 Å². The maximum atomic E-state index is 12.3. The molecule has 2 N–H and O–H groups in total. The number of hydrogen-bond donors (Lipinski definition) is 2.